The molecule has 27 heavy (non-hydrogen) atoms. The Morgan fingerprint density at radius 1 is 0.704 bits per heavy atom. The lowest BCUT2D eigenvalue weighted by atomic mass is 9.81. The zero-order valence-electron chi connectivity index (χ0n) is 14.4. The largest absolute Gasteiger partial charge is 0.387 e. The number of aliphatic hydroxyl groups is 2. The van der Waals surface area contributed by atoms with Gasteiger partial charge in [0.15, 0.2) is 0 Å². The first-order chi connectivity index (χ1) is 13.2. The predicted molar refractivity (Wildman–Crippen MR) is 106 cm³/mol. The van der Waals surface area contributed by atoms with Crippen LogP contribution in [-0.2, 0) is 4.74 Å². The Kier molecular flexibility index (Phi) is 2.43. The molecule has 0 saturated carbocycles. The summed E-state index contributed by atoms with van der Waals surface area (Å²) in [5, 5.41) is 30.6. The van der Waals surface area contributed by atoms with E-state index in [0.29, 0.717) is 0 Å². The van der Waals surface area contributed by atoms with Crippen molar-refractivity contribution >= 4 is 43.1 Å². The van der Waals surface area contributed by atoms with Crippen molar-refractivity contribution in [3.8, 4) is 0 Å². The van der Waals surface area contributed by atoms with Crippen LogP contribution in [0.3, 0.4) is 0 Å². The van der Waals surface area contributed by atoms with Gasteiger partial charge in [-0.15, -0.1) is 0 Å². The number of epoxide rings is 1. The molecule has 2 N–H and O–H groups in total. The SMILES string of the molecule is OC1c2cc3ccc4c5ccccc5cc5ccc(c2C2OC2C1O)c3c54. The van der Waals surface area contributed by atoms with Gasteiger partial charge in [-0.05, 0) is 66.3 Å². The molecule has 5 aromatic rings. The van der Waals surface area contributed by atoms with Crippen molar-refractivity contribution in [2.75, 3.05) is 0 Å². The van der Waals surface area contributed by atoms with E-state index in [1.54, 1.807) is 0 Å². The fourth-order valence-corrected chi connectivity index (χ4v) is 5.22. The van der Waals surface area contributed by atoms with Crippen molar-refractivity contribution in [3.05, 3.63) is 71.8 Å². The van der Waals surface area contributed by atoms with Crippen molar-refractivity contribution in [2.24, 2.45) is 0 Å². The van der Waals surface area contributed by atoms with Crippen LogP contribution in [0.2, 0.25) is 0 Å². The molecule has 1 aliphatic carbocycles. The second kappa shape index (κ2) is 4.57. The molecule has 0 amide bonds. The Bertz CT molecular complexity index is 1400. The van der Waals surface area contributed by atoms with E-state index in [0.717, 1.165) is 21.9 Å². The molecule has 0 aromatic heterocycles. The molecule has 3 nitrogen and oxygen atoms in total. The van der Waals surface area contributed by atoms with Crippen molar-refractivity contribution in [1.29, 1.82) is 0 Å². The van der Waals surface area contributed by atoms with Gasteiger partial charge in [-0.25, -0.2) is 0 Å². The maximum atomic E-state index is 10.6. The minimum absolute atomic E-state index is 0.111. The van der Waals surface area contributed by atoms with Gasteiger partial charge in [-0.2, -0.15) is 0 Å². The third-order valence-corrected chi connectivity index (χ3v) is 6.49. The minimum atomic E-state index is -0.897. The summed E-state index contributed by atoms with van der Waals surface area (Å²) < 4.78 is 5.74. The van der Waals surface area contributed by atoms with Crippen LogP contribution >= 0.6 is 0 Å². The maximum Gasteiger partial charge on any atom is 0.118 e. The number of fused-ring (bicyclic) bond motifs is 6. The van der Waals surface area contributed by atoms with Crippen molar-refractivity contribution in [2.45, 2.75) is 24.4 Å². The van der Waals surface area contributed by atoms with Gasteiger partial charge in [0.25, 0.3) is 0 Å². The van der Waals surface area contributed by atoms with Gasteiger partial charge in [0.2, 0.25) is 0 Å². The first kappa shape index (κ1) is 14.4. The minimum Gasteiger partial charge on any atom is -0.387 e. The number of rotatable bonds is 0. The van der Waals surface area contributed by atoms with Crippen molar-refractivity contribution < 1.29 is 14.9 Å². The van der Waals surface area contributed by atoms with Crippen LogP contribution in [0.15, 0.2) is 60.7 Å². The molecule has 0 radical (unpaired) electrons. The van der Waals surface area contributed by atoms with E-state index in [1.807, 2.05) is 6.07 Å². The van der Waals surface area contributed by atoms with Crippen LogP contribution in [0.4, 0.5) is 0 Å². The molecule has 1 aliphatic heterocycles. The summed E-state index contributed by atoms with van der Waals surface area (Å²) in [4.78, 5) is 0. The molecule has 2 aliphatic rings. The van der Waals surface area contributed by atoms with Crippen LogP contribution in [0.1, 0.15) is 23.3 Å². The highest BCUT2D eigenvalue weighted by Crippen LogP contribution is 2.54. The topological polar surface area (TPSA) is 53.0 Å². The van der Waals surface area contributed by atoms with E-state index < -0.39 is 12.2 Å². The zero-order chi connectivity index (χ0) is 17.9. The average Bonchev–Trinajstić information content (AvgIpc) is 3.50. The number of hydrogen-bond donors (Lipinski definition) is 2. The average molecular weight is 352 g/mol. The van der Waals surface area contributed by atoms with E-state index in [-0.39, 0.29) is 12.2 Å². The molecular formula is C24H16O3. The lowest BCUT2D eigenvalue weighted by Crippen LogP contribution is -2.29. The monoisotopic (exact) mass is 352 g/mol. The van der Waals surface area contributed by atoms with Gasteiger partial charge < -0.3 is 14.9 Å². The number of ether oxygens (including phenoxy) is 1. The lowest BCUT2D eigenvalue weighted by Gasteiger charge is -2.26. The summed E-state index contributed by atoms with van der Waals surface area (Å²) in [6, 6.07) is 21.4. The Morgan fingerprint density at radius 2 is 1.44 bits per heavy atom. The van der Waals surface area contributed by atoms with Gasteiger partial charge in [0.1, 0.15) is 24.4 Å². The smallest absolute Gasteiger partial charge is 0.118 e. The van der Waals surface area contributed by atoms with E-state index in [1.165, 1.54) is 32.3 Å². The number of aliphatic hydroxyl groups excluding tert-OH is 2. The van der Waals surface area contributed by atoms with Crippen LogP contribution < -0.4 is 0 Å². The summed E-state index contributed by atoms with van der Waals surface area (Å²) >= 11 is 0. The summed E-state index contributed by atoms with van der Waals surface area (Å²) in [5.41, 5.74) is 1.85. The molecular weight excluding hydrogens is 336 g/mol. The van der Waals surface area contributed by atoms with Crippen molar-refractivity contribution in [1.82, 2.24) is 0 Å². The van der Waals surface area contributed by atoms with Gasteiger partial charge in [-0.3, -0.25) is 0 Å². The third-order valence-electron chi connectivity index (χ3n) is 6.49. The van der Waals surface area contributed by atoms with Crippen LogP contribution in [0, 0.1) is 0 Å². The van der Waals surface area contributed by atoms with Gasteiger partial charge in [0, 0.05) is 0 Å². The fourth-order valence-electron chi connectivity index (χ4n) is 5.22. The number of hydrogen-bond acceptors (Lipinski definition) is 3. The van der Waals surface area contributed by atoms with E-state index in [2.05, 4.69) is 54.6 Å². The highest BCUT2D eigenvalue weighted by atomic mass is 16.6. The molecule has 4 atom stereocenters. The zero-order valence-corrected chi connectivity index (χ0v) is 14.4. The van der Waals surface area contributed by atoms with Gasteiger partial charge in [0.05, 0.1) is 0 Å². The Balaban J connectivity index is 1.72. The van der Waals surface area contributed by atoms with E-state index >= 15 is 0 Å². The number of benzene rings is 5. The first-order valence-corrected chi connectivity index (χ1v) is 9.37. The molecule has 1 fully saturated rings. The molecule has 4 unspecified atom stereocenters. The molecule has 7 rings (SSSR count). The molecule has 0 spiro atoms. The van der Waals surface area contributed by atoms with Crippen LogP contribution in [0.25, 0.3) is 43.1 Å². The van der Waals surface area contributed by atoms with Gasteiger partial charge in [-0.1, -0.05) is 48.5 Å². The molecule has 130 valence electrons. The summed E-state index contributed by atoms with van der Waals surface area (Å²) in [7, 11) is 0. The second-order valence-corrected chi connectivity index (χ2v) is 7.86. The normalized spacial score (nSPS) is 26.7. The van der Waals surface area contributed by atoms with Crippen LogP contribution in [-0.4, -0.2) is 22.4 Å². The quantitative estimate of drug-likeness (QED) is 0.244. The Morgan fingerprint density at radius 3 is 2.33 bits per heavy atom. The van der Waals surface area contributed by atoms with Crippen LogP contribution in [0.5, 0.6) is 0 Å². The standard InChI is InChI=1S/C24H16O3/c25-21-17-10-13-5-7-15-14-4-2-1-3-11(14)9-12-6-8-16(19(13)18(12)15)20(17)23-24(27-23)22(21)26/h1-10,21-26H. The summed E-state index contributed by atoms with van der Waals surface area (Å²) in [6.45, 7) is 0. The molecule has 3 heteroatoms. The lowest BCUT2D eigenvalue weighted by molar-refractivity contribution is 0.000163. The predicted octanol–water partition coefficient (Wildman–Crippen LogP) is 4.59. The Hall–Kier alpha value is -2.72. The fraction of sp³-hybridized carbons (Fsp3) is 0.167. The molecule has 1 heterocycles. The molecule has 5 aromatic carbocycles. The summed E-state index contributed by atoms with van der Waals surface area (Å²) in [5.74, 6) is 0. The molecule has 1 saturated heterocycles. The summed E-state index contributed by atoms with van der Waals surface area (Å²) in [6.07, 6.45) is -2.14. The molecule has 0 bridgehead atoms. The third kappa shape index (κ3) is 1.64. The first-order valence-electron chi connectivity index (χ1n) is 9.37. The van der Waals surface area contributed by atoms with Crippen molar-refractivity contribution in [3.63, 3.8) is 0 Å². The maximum absolute atomic E-state index is 10.6. The Labute approximate surface area is 154 Å². The second-order valence-electron chi connectivity index (χ2n) is 7.86. The van der Waals surface area contributed by atoms with Gasteiger partial charge >= 0.3 is 0 Å². The van der Waals surface area contributed by atoms with E-state index in [4.69, 9.17) is 4.74 Å². The highest BCUT2D eigenvalue weighted by molar-refractivity contribution is 6.29. The highest BCUT2D eigenvalue weighted by Gasteiger charge is 2.54. The van der Waals surface area contributed by atoms with E-state index in [9.17, 15) is 10.2 Å².